The third-order valence-electron chi connectivity index (χ3n) is 3.67. The summed E-state index contributed by atoms with van der Waals surface area (Å²) in [5.41, 5.74) is 0.510. The quantitative estimate of drug-likeness (QED) is 0.660. The average Bonchev–Trinajstić information content (AvgIpc) is 3.02. The van der Waals surface area contributed by atoms with E-state index in [0.717, 1.165) is 25.8 Å². The maximum Gasteiger partial charge on any atom is 0.240 e. The molecule has 3 N–H and O–H groups in total. The van der Waals surface area contributed by atoms with Crippen molar-refractivity contribution in [3.63, 3.8) is 0 Å². The largest absolute Gasteiger partial charge is 0.326 e. The van der Waals surface area contributed by atoms with Crippen LogP contribution in [0, 0.1) is 5.92 Å². The van der Waals surface area contributed by atoms with Crippen LogP contribution in [0.2, 0.25) is 0 Å². The van der Waals surface area contributed by atoms with Crippen LogP contribution in [-0.4, -0.2) is 34.0 Å². The zero-order chi connectivity index (χ0) is 16.0. The second-order valence-corrected chi connectivity index (χ2v) is 7.23. The molecule has 1 aliphatic rings. The molecule has 1 amide bonds. The first-order valence-corrected chi connectivity index (χ1v) is 9.12. The Bertz CT molecular complexity index is 610. The van der Waals surface area contributed by atoms with Crippen LogP contribution in [0.4, 0.5) is 5.69 Å². The van der Waals surface area contributed by atoms with E-state index >= 15 is 0 Å². The summed E-state index contributed by atoms with van der Waals surface area (Å²) in [6.07, 6.45) is 2.53. The van der Waals surface area contributed by atoms with Crippen molar-refractivity contribution in [1.29, 1.82) is 0 Å². The second-order valence-electron chi connectivity index (χ2n) is 5.46. The van der Waals surface area contributed by atoms with Gasteiger partial charge in [0.05, 0.1) is 10.8 Å². The number of anilines is 1. The summed E-state index contributed by atoms with van der Waals surface area (Å²) in [4.78, 5) is 12.2. The van der Waals surface area contributed by atoms with E-state index < -0.39 is 10.0 Å². The normalized spacial score (nSPS) is 18.3. The minimum atomic E-state index is -3.52. The number of hydrogen-bond acceptors (Lipinski definition) is 4. The second kappa shape index (κ2) is 7.71. The van der Waals surface area contributed by atoms with Gasteiger partial charge < -0.3 is 10.6 Å². The Balaban J connectivity index is 2.04. The monoisotopic (exact) mass is 325 g/mol. The van der Waals surface area contributed by atoms with Gasteiger partial charge in [0.15, 0.2) is 0 Å². The molecular weight excluding hydrogens is 302 g/mol. The number of amides is 1. The van der Waals surface area contributed by atoms with Crippen molar-refractivity contribution in [2.24, 2.45) is 5.92 Å². The van der Waals surface area contributed by atoms with Crippen molar-refractivity contribution in [1.82, 2.24) is 10.0 Å². The van der Waals surface area contributed by atoms with E-state index in [2.05, 4.69) is 15.4 Å². The lowest BCUT2D eigenvalue weighted by Gasteiger charge is -2.11. The first-order valence-electron chi connectivity index (χ1n) is 7.64. The fraction of sp³-hybridized carbons (Fsp3) is 0.533. The van der Waals surface area contributed by atoms with Gasteiger partial charge in [-0.3, -0.25) is 4.79 Å². The first kappa shape index (κ1) is 16.9. The summed E-state index contributed by atoms with van der Waals surface area (Å²) in [6.45, 7) is 3.93. The summed E-state index contributed by atoms with van der Waals surface area (Å²) in [5.74, 6) is -0.124. The van der Waals surface area contributed by atoms with Gasteiger partial charge in [-0.25, -0.2) is 13.1 Å². The molecule has 1 aromatic carbocycles. The zero-order valence-electron chi connectivity index (χ0n) is 12.8. The fourth-order valence-corrected chi connectivity index (χ4v) is 3.45. The van der Waals surface area contributed by atoms with Gasteiger partial charge in [0.25, 0.3) is 0 Å². The van der Waals surface area contributed by atoms with Crippen molar-refractivity contribution in [3.8, 4) is 0 Å². The van der Waals surface area contributed by atoms with Gasteiger partial charge in [-0.1, -0.05) is 19.4 Å². The van der Waals surface area contributed by atoms with Gasteiger partial charge in [-0.15, -0.1) is 0 Å². The van der Waals surface area contributed by atoms with Crippen LogP contribution in [0.25, 0.3) is 0 Å². The number of sulfonamides is 1. The SMILES string of the molecule is CCCCNS(=O)(=O)c1cccc(NC(=O)C2CCNC2)c1. The molecule has 1 aliphatic heterocycles. The fourth-order valence-electron chi connectivity index (χ4n) is 2.33. The van der Waals surface area contributed by atoms with Gasteiger partial charge >= 0.3 is 0 Å². The Morgan fingerprint density at radius 2 is 2.23 bits per heavy atom. The van der Waals surface area contributed by atoms with E-state index in [1.807, 2.05) is 6.92 Å². The molecular formula is C15H23N3O3S. The number of carbonyl (C=O) groups excluding carboxylic acids is 1. The maximum absolute atomic E-state index is 12.2. The van der Waals surface area contributed by atoms with Crippen LogP contribution >= 0.6 is 0 Å². The number of nitrogens with one attached hydrogen (secondary N) is 3. The molecule has 0 aliphatic carbocycles. The molecule has 0 spiro atoms. The molecule has 1 fully saturated rings. The van der Waals surface area contributed by atoms with Crippen LogP contribution in [0.15, 0.2) is 29.2 Å². The molecule has 0 saturated carbocycles. The summed E-state index contributed by atoms with van der Waals surface area (Å²) in [6, 6.07) is 6.36. The zero-order valence-corrected chi connectivity index (χ0v) is 13.6. The summed E-state index contributed by atoms with van der Waals surface area (Å²) in [5, 5.41) is 5.93. The predicted octanol–water partition coefficient (Wildman–Crippen LogP) is 1.31. The molecule has 122 valence electrons. The Hall–Kier alpha value is -1.44. The van der Waals surface area contributed by atoms with Crippen LogP contribution in [0.3, 0.4) is 0 Å². The van der Waals surface area contributed by atoms with E-state index in [4.69, 9.17) is 0 Å². The van der Waals surface area contributed by atoms with Gasteiger partial charge in [0.1, 0.15) is 0 Å². The molecule has 1 heterocycles. The molecule has 0 radical (unpaired) electrons. The van der Waals surface area contributed by atoms with E-state index in [0.29, 0.717) is 18.8 Å². The van der Waals surface area contributed by atoms with E-state index in [1.165, 1.54) is 12.1 Å². The molecule has 1 atom stereocenters. The lowest BCUT2D eigenvalue weighted by molar-refractivity contribution is -0.119. The third kappa shape index (κ3) is 4.53. The van der Waals surface area contributed by atoms with E-state index in [9.17, 15) is 13.2 Å². The highest BCUT2D eigenvalue weighted by Crippen LogP contribution is 2.17. The van der Waals surface area contributed by atoms with Crippen LogP contribution < -0.4 is 15.4 Å². The molecule has 22 heavy (non-hydrogen) atoms. The summed E-state index contributed by atoms with van der Waals surface area (Å²) >= 11 is 0. The molecule has 1 saturated heterocycles. The predicted molar refractivity (Wildman–Crippen MR) is 86.1 cm³/mol. The van der Waals surface area contributed by atoms with Crippen molar-refractivity contribution in [3.05, 3.63) is 24.3 Å². The molecule has 1 unspecified atom stereocenters. The standard InChI is InChI=1S/C15H23N3O3S/c1-2-3-8-17-22(20,21)14-6-4-5-13(10-14)18-15(19)12-7-9-16-11-12/h4-6,10,12,16-17H,2-3,7-9,11H2,1H3,(H,18,19). The van der Waals surface area contributed by atoms with Gasteiger partial charge in [-0.05, 0) is 37.6 Å². The van der Waals surface area contributed by atoms with Crippen LogP contribution in [0.5, 0.6) is 0 Å². The molecule has 2 rings (SSSR count). The van der Waals surface area contributed by atoms with Crippen molar-refractivity contribution >= 4 is 21.6 Å². The minimum Gasteiger partial charge on any atom is -0.326 e. The van der Waals surface area contributed by atoms with Crippen molar-refractivity contribution in [2.45, 2.75) is 31.1 Å². The van der Waals surface area contributed by atoms with E-state index in [-0.39, 0.29) is 16.7 Å². The average molecular weight is 325 g/mol. The molecule has 0 aromatic heterocycles. The number of rotatable bonds is 7. The number of unbranched alkanes of at least 4 members (excludes halogenated alkanes) is 1. The smallest absolute Gasteiger partial charge is 0.240 e. The van der Waals surface area contributed by atoms with Crippen molar-refractivity contribution < 1.29 is 13.2 Å². The molecule has 7 heteroatoms. The lowest BCUT2D eigenvalue weighted by atomic mass is 10.1. The van der Waals surface area contributed by atoms with Crippen molar-refractivity contribution in [2.75, 3.05) is 25.0 Å². The Labute approximate surface area is 131 Å². The molecule has 1 aromatic rings. The Morgan fingerprint density at radius 1 is 1.41 bits per heavy atom. The van der Waals surface area contributed by atoms with Gasteiger partial charge in [-0.2, -0.15) is 0 Å². The number of hydrogen-bond donors (Lipinski definition) is 3. The Kier molecular flexibility index (Phi) is 5.93. The minimum absolute atomic E-state index is 0.0528. The maximum atomic E-state index is 12.2. The molecule has 6 nitrogen and oxygen atoms in total. The Morgan fingerprint density at radius 3 is 2.91 bits per heavy atom. The highest BCUT2D eigenvalue weighted by molar-refractivity contribution is 7.89. The highest BCUT2D eigenvalue weighted by atomic mass is 32.2. The highest BCUT2D eigenvalue weighted by Gasteiger charge is 2.22. The van der Waals surface area contributed by atoms with E-state index in [1.54, 1.807) is 12.1 Å². The number of carbonyl (C=O) groups is 1. The summed E-state index contributed by atoms with van der Waals surface area (Å²) in [7, 11) is -3.52. The van der Waals surface area contributed by atoms with Crippen LogP contribution in [0.1, 0.15) is 26.2 Å². The lowest BCUT2D eigenvalue weighted by Crippen LogP contribution is -2.26. The van der Waals surface area contributed by atoms with Crippen LogP contribution in [-0.2, 0) is 14.8 Å². The number of benzene rings is 1. The first-order chi connectivity index (χ1) is 10.5. The van der Waals surface area contributed by atoms with Gasteiger partial charge in [0, 0.05) is 18.8 Å². The summed E-state index contributed by atoms with van der Waals surface area (Å²) < 4.78 is 26.9. The molecule has 0 bridgehead atoms. The van der Waals surface area contributed by atoms with Gasteiger partial charge in [0.2, 0.25) is 15.9 Å². The third-order valence-corrected chi connectivity index (χ3v) is 5.12. The topological polar surface area (TPSA) is 87.3 Å².